The lowest BCUT2D eigenvalue weighted by Gasteiger charge is -2.24. The topological polar surface area (TPSA) is 49.4 Å². The molecular weight excluding hydrogens is 333 g/mol. The standard InChI is InChI=1S/C18H15F3N2O2/c19-12-5-1-4-11(10-12)18(25)23-9-3-8-15(23)17(24)22-16-13(20)6-2-7-14(16)21/h1-2,4-7,10,15H,3,8-9H2,(H,22,24)/t15-/m0/s1. The number of hydrogen-bond donors (Lipinski definition) is 1. The van der Waals surface area contributed by atoms with Crippen molar-refractivity contribution in [1.82, 2.24) is 4.90 Å². The zero-order valence-electron chi connectivity index (χ0n) is 13.1. The molecule has 0 saturated carbocycles. The summed E-state index contributed by atoms with van der Waals surface area (Å²) < 4.78 is 40.7. The van der Waals surface area contributed by atoms with Gasteiger partial charge in [-0.15, -0.1) is 0 Å². The van der Waals surface area contributed by atoms with Gasteiger partial charge in [-0.1, -0.05) is 12.1 Å². The van der Waals surface area contributed by atoms with Gasteiger partial charge in [0.15, 0.2) is 0 Å². The number of nitrogens with zero attached hydrogens (tertiary/aromatic N) is 1. The number of carbonyl (C=O) groups is 2. The molecule has 130 valence electrons. The van der Waals surface area contributed by atoms with E-state index in [1.54, 1.807) is 0 Å². The lowest BCUT2D eigenvalue weighted by atomic mass is 10.1. The highest BCUT2D eigenvalue weighted by atomic mass is 19.1. The van der Waals surface area contributed by atoms with Crippen molar-refractivity contribution in [3.8, 4) is 0 Å². The zero-order valence-corrected chi connectivity index (χ0v) is 13.1. The van der Waals surface area contributed by atoms with Crippen LogP contribution >= 0.6 is 0 Å². The van der Waals surface area contributed by atoms with Crippen LogP contribution in [-0.4, -0.2) is 29.3 Å². The van der Waals surface area contributed by atoms with E-state index < -0.39 is 41.0 Å². The Morgan fingerprint density at radius 3 is 2.40 bits per heavy atom. The summed E-state index contributed by atoms with van der Waals surface area (Å²) in [6, 6.07) is 7.55. The van der Waals surface area contributed by atoms with E-state index in [2.05, 4.69) is 5.32 Å². The van der Waals surface area contributed by atoms with Gasteiger partial charge < -0.3 is 10.2 Å². The van der Waals surface area contributed by atoms with Crippen molar-refractivity contribution in [1.29, 1.82) is 0 Å². The first kappa shape index (κ1) is 17.0. The molecule has 2 aromatic rings. The van der Waals surface area contributed by atoms with E-state index in [9.17, 15) is 22.8 Å². The summed E-state index contributed by atoms with van der Waals surface area (Å²) in [5.74, 6) is -3.51. The van der Waals surface area contributed by atoms with E-state index in [0.29, 0.717) is 19.4 Å². The van der Waals surface area contributed by atoms with Crippen molar-refractivity contribution in [2.24, 2.45) is 0 Å². The van der Waals surface area contributed by atoms with Gasteiger partial charge in [-0.2, -0.15) is 0 Å². The van der Waals surface area contributed by atoms with Gasteiger partial charge in [0.05, 0.1) is 0 Å². The van der Waals surface area contributed by atoms with Gasteiger partial charge in [-0.05, 0) is 43.2 Å². The van der Waals surface area contributed by atoms with Crippen LogP contribution in [0.3, 0.4) is 0 Å². The van der Waals surface area contributed by atoms with E-state index in [1.165, 1.54) is 29.2 Å². The summed E-state index contributed by atoms with van der Waals surface area (Å²) in [5.41, 5.74) is -0.422. The normalized spacial score (nSPS) is 16.8. The van der Waals surface area contributed by atoms with Crippen LogP contribution in [0.5, 0.6) is 0 Å². The van der Waals surface area contributed by atoms with Crippen LogP contribution < -0.4 is 5.32 Å². The predicted molar refractivity (Wildman–Crippen MR) is 85.4 cm³/mol. The number of para-hydroxylation sites is 1. The van der Waals surface area contributed by atoms with Crippen LogP contribution in [0.25, 0.3) is 0 Å². The molecule has 1 atom stereocenters. The maximum Gasteiger partial charge on any atom is 0.254 e. The van der Waals surface area contributed by atoms with Crippen molar-refractivity contribution in [2.75, 3.05) is 11.9 Å². The van der Waals surface area contributed by atoms with Gasteiger partial charge in [-0.3, -0.25) is 9.59 Å². The van der Waals surface area contributed by atoms with Crippen LogP contribution in [0.4, 0.5) is 18.9 Å². The average molecular weight is 348 g/mol. The van der Waals surface area contributed by atoms with Gasteiger partial charge in [0, 0.05) is 12.1 Å². The molecule has 0 radical (unpaired) electrons. The third kappa shape index (κ3) is 3.50. The molecule has 0 aromatic heterocycles. The second kappa shape index (κ2) is 6.96. The Morgan fingerprint density at radius 2 is 1.72 bits per heavy atom. The highest BCUT2D eigenvalue weighted by Crippen LogP contribution is 2.24. The molecule has 7 heteroatoms. The molecule has 0 bridgehead atoms. The fourth-order valence-electron chi connectivity index (χ4n) is 2.89. The molecule has 1 aliphatic heterocycles. The Bertz CT molecular complexity index is 805. The van der Waals surface area contributed by atoms with Crippen molar-refractivity contribution < 1.29 is 22.8 Å². The first-order valence-electron chi connectivity index (χ1n) is 7.79. The number of amides is 2. The largest absolute Gasteiger partial charge is 0.327 e. The quantitative estimate of drug-likeness (QED) is 0.925. The number of hydrogen-bond acceptors (Lipinski definition) is 2. The van der Waals surface area contributed by atoms with Crippen LogP contribution in [0.2, 0.25) is 0 Å². The third-order valence-corrected chi connectivity index (χ3v) is 4.10. The molecular formula is C18H15F3N2O2. The molecule has 0 aliphatic carbocycles. The minimum absolute atomic E-state index is 0.122. The Balaban J connectivity index is 1.79. The average Bonchev–Trinajstić information content (AvgIpc) is 3.07. The molecule has 2 aromatic carbocycles. The van der Waals surface area contributed by atoms with Crippen molar-refractivity contribution in [3.05, 3.63) is 65.5 Å². The van der Waals surface area contributed by atoms with Crippen LogP contribution in [0.15, 0.2) is 42.5 Å². The molecule has 25 heavy (non-hydrogen) atoms. The highest BCUT2D eigenvalue weighted by Gasteiger charge is 2.35. The first-order chi connectivity index (χ1) is 12.0. The summed E-state index contributed by atoms with van der Waals surface area (Å²) in [6.45, 7) is 0.313. The Kier molecular flexibility index (Phi) is 4.74. The van der Waals surface area contributed by atoms with Crippen molar-refractivity contribution >= 4 is 17.5 Å². The highest BCUT2D eigenvalue weighted by molar-refractivity contribution is 6.01. The van der Waals surface area contributed by atoms with E-state index in [0.717, 1.165) is 18.2 Å². The summed E-state index contributed by atoms with van der Waals surface area (Å²) in [6.07, 6.45) is 0.932. The number of benzene rings is 2. The van der Waals surface area contributed by atoms with Crippen molar-refractivity contribution in [3.63, 3.8) is 0 Å². The molecule has 1 fully saturated rings. The fourth-order valence-corrected chi connectivity index (χ4v) is 2.89. The van der Waals surface area contributed by atoms with E-state index in [1.807, 2.05) is 0 Å². The maximum atomic E-state index is 13.7. The van der Waals surface area contributed by atoms with Gasteiger partial charge in [0.25, 0.3) is 5.91 Å². The second-order valence-electron chi connectivity index (χ2n) is 5.75. The van der Waals surface area contributed by atoms with E-state index in [4.69, 9.17) is 0 Å². The summed E-state index contributed by atoms with van der Waals surface area (Å²) >= 11 is 0. The first-order valence-corrected chi connectivity index (χ1v) is 7.79. The number of nitrogens with one attached hydrogen (secondary N) is 1. The summed E-state index contributed by atoms with van der Waals surface area (Å²) in [7, 11) is 0. The second-order valence-corrected chi connectivity index (χ2v) is 5.75. The molecule has 1 aliphatic rings. The van der Waals surface area contributed by atoms with E-state index in [-0.39, 0.29) is 5.56 Å². The van der Waals surface area contributed by atoms with Crippen LogP contribution in [0.1, 0.15) is 23.2 Å². The van der Waals surface area contributed by atoms with Crippen LogP contribution in [0, 0.1) is 17.5 Å². The minimum Gasteiger partial charge on any atom is -0.327 e. The Hall–Kier alpha value is -2.83. The predicted octanol–water partition coefficient (Wildman–Crippen LogP) is 3.35. The molecule has 1 saturated heterocycles. The molecule has 1 N–H and O–H groups in total. The Labute approximate surface area is 142 Å². The molecule has 0 unspecified atom stereocenters. The molecule has 2 amide bonds. The minimum atomic E-state index is -0.894. The van der Waals surface area contributed by atoms with Crippen LogP contribution in [-0.2, 0) is 4.79 Å². The smallest absolute Gasteiger partial charge is 0.254 e. The van der Waals surface area contributed by atoms with Gasteiger partial charge in [-0.25, -0.2) is 13.2 Å². The molecule has 4 nitrogen and oxygen atoms in total. The van der Waals surface area contributed by atoms with Gasteiger partial charge in [0.1, 0.15) is 29.2 Å². The lowest BCUT2D eigenvalue weighted by molar-refractivity contribution is -0.119. The number of likely N-dealkylation sites (tertiary alicyclic amines) is 1. The monoisotopic (exact) mass is 348 g/mol. The van der Waals surface area contributed by atoms with Gasteiger partial charge >= 0.3 is 0 Å². The summed E-state index contributed by atoms with van der Waals surface area (Å²) in [4.78, 5) is 26.2. The molecule has 1 heterocycles. The lowest BCUT2D eigenvalue weighted by Crippen LogP contribution is -2.43. The zero-order chi connectivity index (χ0) is 18.0. The van der Waals surface area contributed by atoms with Gasteiger partial charge in [0.2, 0.25) is 5.91 Å². The third-order valence-electron chi connectivity index (χ3n) is 4.10. The molecule has 3 rings (SSSR count). The van der Waals surface area contributed by atoms with E-state index >= 15 is 0 Å². The fraction of sp³-hybridized carbons (Fsp3) is 0.222. The SMILES string of the molecule is O=C(Nc1c(F)cccc1F)[C@@H]1CCCN1C(=O)c1cccc(F)c1. The number of anilines is 1. The maximum absolute atomic E-state index is 13.7. The Morgan fingerprint density at radius 1 is 1.04 bits per heavy atom. The number of rotatable bonds is 3. The number of carbonyl (C=O) groups excluding carboxylic acids is 2. The molecule has 0 spiro atoms. The number of halogens is 3. The summed E-state index contributed by atoms with van der Waals surface area (Å²) in [5, 5.41) is 2.21. The van der Waals surface area contributed by atoms with Crippen molar-refractivity contribution in [2.45, 2.75) is 18.9 Å².